The summed E-state index contributed by atoms with van der Waals surface area (Å²) in [6.45, 7) is 3.96. The van der Waals surface area contributed by atoms with Gasteiger partial charge in [-0.3, -0.25) is 4.79 Å². The Bertz CT molecular complexity index is 1180. The minimum absolute atomic E-state index is 0.110. The van der Waals surface area contributed by atoms with Crippen molar-refractivity contribution in [2.75, 3.05) is 13.1 Å². The normalized spacial score (nSPS) is 12.3. The van der Waals surface area contributed by atoms with Gasteiger partial charge in [-0.1, -0.05) is 32.0 Å². The molecule has 0 fully saturated rings. The molecule has 7 nitrogen and oxygen atoms in total. The summed E-state index contributed by atoms with van der Waals surface area (Å²) in [5, 5.41) is 6.18. The van der Waals surface area contributed by atoms with Gasteiger partial charge in [-0.15, -0.1) is 11.3 Å². The predicted octanol–water partition coefficient (Wildman–Crippen LogP) is 3.91. The second-order valence-corrected chi connectivity index (χ2v) is 9.98. The molecule has 3 aromatic rings. The van der Waals surface area contributed by atoms with E-state index in [0.29, 0.717) is 22.6 Å². The van der Waals surface area contributed by atoms with Crippen molar-refractivity contribution in [3.63, 3.8) is 0 Å². The number of hydrogen-bond donors (Lipinski definition) is 1. The van der Waals surface area contributed by atoms with E-state index in [4.69, 9.17) is 0 Å². The average molecular weight is 487 g/mol. The van der Waals surface area contributed by atoms with E-state index in [0.717, 1.165) is 17.5 Å². The molecule has 0 atom stereocenters. The summed E-state index contributed by atoms with van der Waals surface area (Å²) >= 11 is 0.960. The number of para-hydroxylation sites is 1. The van der Waals surface area contributed by atoms with Crippen molar-refractivity contribution in [3.8, 4) is 5.69 Å². The molecule has 1 N–H and O–H groups in total. The number of hydrogen-bond acceptors (Lipinski definition) is 5. The maximum absolute atomic E-state index is 13.7. The molecule has 32 heavy (non-hydrogen) atoms. The summed E-state index contributed by atoms with van der Waals surface area (Å²) in [4.78, 5) is 13.0. The first-order valence-corrected chi connectivity index (χ1v) is 11.9. The van der Waals surface area contributed by atoms with E-state index >= 15 is 0 Å². The molecule has 2 heterocycles. The Labute approximate surface area is 187 Å². The summed E-state index contributed by atoms with van der Waals surface area (Å²) in [6, 6.07) is 10.6. The molecule has 0 aliphatic heterocycles. The van der Waals surface area contributed by atoms with E-state index in [-0.39, 0.29) is 16.4 Å². The van der Waals surface area contributed by atoms with Crippen molar-refractivity contribution in [2.24, 2.45) is 0 Å². The third-order valence-electron chi connectivity index (χ3n) is 4.64. The molecule has 12 heteroatoms. The molecule has 3 rings (SSSR count). The molecule has 0 saturated heterocycles. The number of carbonyl (C=O) groups is 1. The van der Waals surface area contributed by atoms with Gasteiger partial charge in [0.05, 0.1) is 24.0 Å². The Morgan fingerprint density at radius 1 is 1.12 bits per heavy atom. The van der Waals surface area contributed by atoms with Crippen LogP contribution in [-0.2, 0) is 22.7 Å². The van der Waals surface area contributed by atoms with Crippen molar-refractivity contribution < 1.29 is 26.4 Å². The number of nitrogens with zero attached hydrogens (tertiary/aromatic N) is 3. The second-order valence-electron chi connectivity index (χ2n) is 6.64. The summed E-state index contributed by atoms with van der Waals surface area (Å²) in [5.74, 6) is -0.957. The highest BCUT2D eigenvalue weighted by atomic mass is 32.2. The Kier molecular flexibility index (Phi) is 7.06. The predicted molar refractivity (Wildman–Crippen MR) is 114 cm³/mol. The first-order valence-electron chi connectivity index (χ1n) is 9.67. The summed E-state index contributed by atoms with van der Waals surface area (Å²) < 4.78 is 68.4. The van der Waals surface area contributed by atoms with E-state index in [9.17, 15) is 26.4 Å². The Balaban J connectivity index is 1.81. The second kappa shape index (κ2) is 9.43. The lowest BCUT2D eigenvalue weighted by Gasteiger charge is -2.16. The Hall–Kier alpha value is -2.70. The number of thiophene rings is 1. The monoisotopic (exact) mass is 486 g/mol. The van der Waals surface area contributed by atoms with Gasteiger partial charge in [0.1, 0.15) is 4.21 Å². The van der Waals surface area contributed by atoms with E-state index < -0.39 is 33.4 Å². The van der Waals surface area contributed by atoms with Gasteiger partial charge < -0.3 is 5.32 Å². The highest BCUT2D eigenvalue weighted by Gasteiger charge is 2.40. The third-order valence-corrected chi connectivity index (χ3v) is 8.25. The van der Waals surface area contributed by atoms with Crippen LogP contribution in [0.3, 0.4) is 0 Å². The lowest BCUT2D eigenvalue weighted by atomic mass is 10.2. The molecule has 1 amide bonds. The van der Waals surface area contributed by atoms with Gasteiger partial charge in [0.2, 0.25) is 0 Å². The van der Waals surface area contributed by atoms with Crippen molar-refractivity contribution in [1.29, 1.82) is 0 Å². The zero-order chi connectivity index (χ0) is 23.5. The number of alkyl halides is 3. The fourth-order valence-corrected chi connectivity index (χ4v) is 6.01. The molecule has 2 aromatic heterocycles. The number of nitrogens with one attached hydrogen (secondary N) is 1. The SMILES string of the molecule is CCN(CC)S(=O)(=O)c1ccc(CNC(=O)c2cnn(-c3ccccc3)c2C(F)(F)F)s1. The number of benzene rings is 1. The van der Waals surface area contributed by atoms with Crippen LogP contribution < -0.4 is 5.32 Å². The number of carbonyl (C=O) groups excluding carboxylic acids is 1. The molecule has 172 valence electrons. The van der Waals surface area contributed by atoms with E-state index in [1.54, 1.807) is 32.0 Å². The number of amides is 1. The Morgan fingerprint density at radius 2 is 1.78 bits per heavy atom. The topological polar surface area (TPSA) is 84.3 Å². The summed E-state index contributed by atoms with van der Waals surface area (Å²) in [7, 11) is -3.65. The molecule has 0 saturated carbocycles. The smallest absolute Gasteiger partial charge is 0.347 e. The van der Waals surface area contributed by atoms with Crippen LogP contribution in [0.2, 0.25) is 0 Å². The van der Waals surface area contributed by atoms with Gasteiger partial charge >= 0.3 is 6.18 Å². The molecule has 0 spiro atoms. The number of aromatic nitrogens is 2. The third kappa shape index (κ3) is 4.87. The van der Waals surface area contributed by atoms with Gasteiger partial charge in [-0.25, -0.2) is 13.1 Å². The standard InChI is InChI=1S/C20H21F3N4O3S2/c1-3-26(4-2)32(29,30)17-11-10-15(31-17)12-24-19(28)16-13-25-27(18(16)20(21,22)23)14-8-6-5-7-9-14/h5-11,13H,3-4,12H2,1-2H3,(H,24,28). The fraction of sp³-hybridized carbons (Fsp3) is 0.300. The highest BCUT2D eigenvalue weighted by molar-refractivity contribution is 7.91. The van der Waals surface area contributed by atoms with Crippen molar-refractivity contribution in [2.45, 2.75) is 30.8 Å². The quantitative estimate of drug-likeness (QED) is 0.523. The van der Waals surface area contributed by atoms with Crippen molar-refractivity contribution in [1.82, 2.24) is 19.4 Å². The van der Waals surface area contributed by atoms with Crippen molar-refractivity contribution >= 4 is 27.3 Å². The molecular weight excluding hydrogens is 465 g/mol. The lowest BCUT2D eigenvalue weighted by molar-refractivity contribution is -0.143. The fourth-order valence-electron chi connectivity index (χ4n) is 3.10. The molecule has 0 radical (unpaired) electrons. The first-order chi connectivity index (χ1) is 15.1. The molecule has 0 aliphatic rings. The van der Waals surface area contributed by atoms with Crippen LogP contribution >= 0.6 is 11.3 Å². The lowest BCUT2D eigenvalue weighted by Crippen LogP contribution is -2.30. The largest absolute Gasteiger partial charge is 0.434 e. The van der Waals surface area contributed by atoms with Gasteiger partial charge in [0.25, 0.3) is 15.9 Å². The summed E-state index contributed by atoms with van der Waals surface area (Å²) in [5.41, 5.74) is -1.63. The average Bonchev–Trinajstić information content (AvgIpc) is 3.41. The first kappa shape index (κ1) is 24.0. The molecule has 0 aliphatic carbocycles. The van der Waals surface area contributed by atoms with Crippen LogP contribution in [-0.4, -0.2) is 41.5 Å². The van der Waals surface area contributed by atoms with Crippen LogP contribution in [0.1, 0.15) is 34.8 Å². The molecule has 0 bridgehead atoms. The van der Waals surface area contributed by atoms with Crippen LogP contribution in [0.5, 0.6) is 0 Å². The minimum Gasteiger partial charge on any atom is -0.347 e. The van der Waals surface area contributed by atoms with Gasteiger partial charge in [0.15, 0.2) is 5.69 Å². The summed E-state index contributed by atoms with van der Waals surface area (Å²) in [6.07, 6.45) is -3.94. The van der Waals surface area contributed by atoms with Crippen molar-refractivity contribution in [3.05, 3.63) is 64.8 Å². The van der Waals surface area contributed by atoms with Gasteiger partial charge in [-0.2, -0.15) is 22.6 Å². The maximum Gasteiger partial charge on any atom is 0.434 e. The van der Waals surface area contributed by atoms with E-state index in [1.807, 2.05) is 0 Å². The molecule has 0 unspecified atom stereocenters. The van der Waals surface area contributed by atoms with Crippen LogP contribution in [0.15, 0.2) is 52.9 Å². The Morgan fingerprint density at radius 3 is 2.38 bits per heavy atom. The zero-order valence-electron chi connectivity index (χ0n) is 17.3. The number of rotatable bonds is 8. The minimum atomic E-state index is -4.81. The molecule has 1 aromatic carbocycles. The van der Waals surface area contributed by atoms with Crippen LogP contribution in [0.25, 0.3) is 5.69 Å². The molecular formula is C20H21F3N4O3S2. The number of sulfonamides is 1. The highest BCUT2D eigenvalue weighted by Crippen LogP contribution is 2.33. The van der Waals surface area contributed by atoms with E-state index in [2.05, 4.69) is 10.4 Å². The van der Waals surface area contributed by atoms with Crippen LogP contribution in [0.4, 0.5) is 13.2 Å². The van der Waals surface area contributed by atoms with E-state index in [1.165, 1.54) is 28.6 Å². The maximum atomic E-state index is 13.7. The van der Waals surface area contributed by atoms with Gasteiger partial charge in [-0.05, 0) is 24.3 Å². The van der Waals surface area contributed by atoms with Crippen LogP contribution in [0, 0.1) is 0 Å². The zero-order valence-corrected chi connectivity index (χ0v) is 18.9. The van der Waals surface area contributed by atoms with Gasteiger partial charge in [0, 0.05) is 18.0 Å². The number of halogens is 3.